The van der Waals surface area contributed by atoms with Gasteiger partial charge in [-0.15, -0.1) is 11.3 Å². The summed E-state index contributed by atoms with van der Waals surface area (Å²) in [6.07, 6.45) is 0. The van der Waals surface area contributed by atoms with Gasteiger partial charge in [0, 0.05) is 12.1 Å². The van der Waals surface area contributed by atoms with Gasteiger partial charge in [0.05, 0.1) is 5.39 Å². The molecule has 0 atom stereocenters. The smallest absolute Gasteiger partial charge is 0.231 e. The molecule has 0 bridgehead atoms. The zero-order valence-electron chi connectivity index (χ0n) is 10.8. The number of anilines is 1. The van der Waals surface area contributed by atoms with E-state index in [0.717, 1.165) is 33.1 Å². The van der Waals surface area contributed by atoms with Gasteiger partial charge in [0.2, 0.25) is 12.1 Å². The highest BCUT2D eigenvalue weighted by Crippen LogP contribution is 2.36. The average molecular weight is 320 g/mol. The van der Waals surface area contributed by atoms with E-state index in [0.29, 0.717) is 6.54 Å². The van der Waals surface area contributed by atoms with Crippen LogP contribution in [-0.2, 0) is 6.54 Å². The van der Waals surface area contributed by atoms with Gasteiger partial charge in [0.25, 0.3) is 0 Å². The number of benzene rings is 1. The zero-order chi connectivity index (χ0) is 14.2. The van der Waals surface area contributed by atoms with Crippen molar-refractivity contribution in [2.24, 2.45) is 0 Å². The van der Waals surface area contributed by atoms with Crippen molar-refractivity contribution in [3.05, 3.63) is 40.5 Å². The maximum Gasteiger partial charge on any atom is 0.231 e. The Kier molecular flexibility index (Phi) is 3.05. The number of thiophene rings is 1. The Morgan fingerprint density at radius 2 is 2.19 bits per heavy atom. The van der Waals surface area contributed by atoms with Gasteiger partial charge in [-0.1, -0.05) is 12.1 Å². The number of para-hydroxylation sites is 1. The third-order valence-corrected chi connectivity index (χ3v) is 4.20. The SMILES string of the molecule is Clc1nc(NCc2cccc3c2OCO3)c2ccsc2n1. The van der Waals surface area contributed by atoms with Crippen LogP contribution in [0.25, 0.3) is 10.2 Å². The van der Waals surface area contributed by atoms with Gasteiger partial charge >= 0.3 is 0 Å². The second kappa shape index (κ2) is 5.05. The van der Waals surface area contributed by atoms with Gasteiger partial charge in [-0.25, -0.2) is 9.97 Å². The lowest BCUT2D eigenvalue weighted by atomic mass is 10.2. The summed E-state index contributed by atoms with van der Waals surface area (Å²) >= 11 is 7.49. The van der Waals surface area contributed by atoms with Gasteiger partial charge in [-0.05, 0) is 29.1 Å². The Labute approximate surface area is 129 Å². The van der Waals surface area contributed by atoms with Crippen LogP contribution in [0.15, 0.2) is 29.6 Å². The number of aromatic nitrogens is 2. The van der Waals surface area contributed by atoms with E-state index >= 15 is 0 Å². The molecule has 106 valence electrons. The van der Waals surface area contributed by atoms with Crippen LogP contribution in [0.3, 0.4) is 0 Å². The summed E-state index contributed by atoms with van der Waals surface area (Å²) in [7, 11) is 0. The third kappa shape index (κ3) is 2.26. The predicted octanol–water partition coefficient (Wildman–Crippen LogP) is 3.69. The molecule has 0 aliphatic carbocycles. The number of ether oxygens (including phenoxy) is 2. The molecule has 1 aliphatic rings. The summed E-state index contributed by atoms with van der Waals surface area (Å²) in [5, 5.41) is 6.47. The Morgan fingerprint density at radius 3 is 3.14 bits per heavy atom. The summed E-state index contributed by atoms with van der Waals surface area (Å²) in [6.45, 7) is 0.839. The first kappa shape index (κ1) is 12.7. The first-order chi connectivity index (χ1) is 10.3. The molecule has 1 aromatic carbocycles. The van der Waals surface area contributed by atoms with Crippen molar-refractivity contribution in [1.29, 1.82) is 0 Å². The van der Waals surface area contributed by atoms with Crippen molar-refractivity contribution >= 4 is 39.0 Å². The fourth-order valence-electron chi connectivity index (χ4n) is 2.27. The molecular weight excluding hydrogens is 310 g/mol. The van der Waals surface area contributed by atoms with E-state index in [4.69, 9.17) is 21.1 Å². The van der Waals surface area contributed by atoms with Crippen LogP contribution in [0.4, 0.5) is 5.82 Å². The number of halogens is 1. The summed E-state index contributed by atoms with van der Waals surface area (Å²) in [5.41, 5.74) is 1.02. The lowest BCUT2D eigenvalue weighted by Gasteiger charge is -2.09. The van der Waals surface area contributed by atoms with Crippen LogP contribution >= 0.6 is 22.9 Å². The molecule has 3 heterocycles. The van der Waals surface area contributed by atoms with Gasteiger partial charge in [0.1, 0.15) is 10.6 Å². The van der Waals surface area contributed by atoms with E-state index < -0.39 is 0 Å². The summed E-state index contributed by atoms with van der Waals surface area (Å²) < 4.78 is 10.9. The van der Waals surface area contributed by atoms with Crippen LogP contribution in [0.1, 0.15) is 5.56 Å². The van der Waals surface area contributed by atoms with E-state index in [-0.39, 0.29) is 12.1 Å². The number of hydrogen-bond donors (Lipinski definition) is 1. The maximum atomic E-state index is 5.96. The summed E-state index contributed by atoms with van der Waals surface area (Å²) in [4.78, 5) is 9.33. The minimum absolute atomic E-state index is 0.241. The molecule has 21 heavy (non-hydrogen) atoms. The standard InChI is InChI=1S/C14H10ClN3O2S/c15-14-17-12(9-4-5-21-13(9)18-14)16-6-8-2-1-3-10-11(8)20-7-19-10/h1-5H,6-7H2,(H,16,17,18). The van der Waals surface area contributed by atoms with Crippen molar-refractivity contribution in [1.82, 2.24) is 9.97 Å². The highest BCUT2D eigenvalue weighted by Gasteiger charge is 2.17. The van der Waals surface area contributed by atoms with E-state index in [1.165, 1.54) is 11.3 Å². The third-order valence-electron chi connectivity index (χ3n) is 3.22. The Morgan fingerprint density at radius 1 is 1.24 bits per heavy atom. The Bertz CT molecular complexity index is 821. The fourth-order valence-corrected chi connectivity index (χ4v) is 3.26. The van der Waals surface area contributed by atoms with Crippen LogP contribution < -0.4 is 14.8 Å². The quantitative estimate of drug-likeness (QED) is 0.746. The van der Waals surface area contributed by atoms with Gasteiger partial charge in [0.15, 0.2) is 11.5 Å². The Balaban J connectivity index is 1.64. The molecule has 0 unspecified atom stereocenters. The minimum atomic E-state index is 0.241. The second-order valence-corrected chi connectivity index (χ2v) is 5.72. The molecule has 1 aliphatic heterocycles. The molecule has 3 aromatic rings. The molecule has 0 fully saturated rings. The van der Waals surface area contributed by atoms with E-state index in [9.17, 15) is 0 Å². The second-order valence-electron chi connectivity index (χ2n) is 4.49. The topological polar surface area (TPSA) is 56.3 Å². The Hall–Kier alpha value is -2.05. The summed E-state index contributed by atoms with van der Waals surface area (Å²) in [5.74, 6) is 2.28. The van der Waals surface area contributed by atoms with Crippen molar-refractivity contribution < 1.29 is 9.47 Å². The van der Waals surface area contributed by atoms with E-state index in [1.54, 1.807) is 0 Å². The number of nitrogens with zero attached hydrogens (tertiary/aromatic N) is 2. The average Bonchev–Trinajstić information content (AvgIpc) is 3.12. The van der Waals surface area contributed by atoms with Crippen molar-refractivity contribution in [3.63, 3.8) is 0 Å². The van der Waals surface area contributed by atoms with Crippen molar-refractivity contribution in [2.75, 3.05) is 12.1 Å². The number of nitrogens with one attached hydrogen (secondary N) is 1. The van der Waals surface area contributed by atoms with Gasteiger partial charge in [-0.2, -0.15) is 0 Å². The monoisotopic (exact) mass is 319 g/mol. The van der Waals surface area contributed by atoms with Crippen LogP contribution in [0.2, 0.25) is 5.28 Å². The lowest BCUT2D eigenvalue weighted by molar-refractivity contribution is 0.173. The molecule has 2 aromatic heterocycles. The molecule has 7 heteroatoms. The van der Waals surface area contributed by atoms with Crippen LogP contribution in [0.5, 0.6) is 11.5 Å². The molecule has 0 amide bonds. The normalized spacial score (nSPS) is 12.8. The van der Waals surface area contributed by atoms with E-state index in [1.807, 2.05) is 29.6 Å². The van der Waals surface area contributed by atoms with Crippen LogP contribution in [0, 0.1) is 0 Å². The van der Waals surface area contributed by atoms with Crippen LogP contribution in [-0.4, -0.2) is 16.8 Å². The van der Waals surface area contributed by atoms with Crippen molar-refractivity contribution in [3.8, 4) is 11.5 Å². The highest BCUT2D eigenvalue weighted by molar-refractivity contribution is 7.16. The first-order valence-corrected chi connectivity index (χ1v) is 7.59. The van der Waals surface area contributed by atoms with Crippen molar-refractivity contribution in [2.45, 2.75) is 6.54 Å². The molecule has 4 rings (SSSR count). The zero-order valence-corrected chi connectivity index (χ0v) is 12.4. The molecule has 1 N–H and O–H groups in total. The maximum absolute atomic E-state index is 5.96. The number of hydrogen-bond acceptors (Lipinski definition) is 6. The number of rotatable bonds is 3. The lowest BCUT2D eigenvalue weighted by Crippen LogP contribution is -2.03. The summed E-state index contributed by atoms with van der Waals surface area (Å²) in [6, 6.07) is 7.81. The molecule has 0 saturated carbocycles. The van der Waals surface area contributed by atoms with E-state index in [2.05, 4.69) is 15.3 Å². The molecule has 0 spiro atoms. The van der Waals surface area contributed by atoms with Gasteiger partial charge in [-0.3, -0.25) is 0 Å². The van der Waals surface area contributed by atoms with Gasteiger partial charge < -0.3 is 14.8 Å². The molecule has 0 saturated heterocycles. The first-order valence-electron chi connectivity index (χ1n) is 6.33. The highest BCUT2D eigenvalue weighted by atomic mass is 35.5. The fraction of sp³-hybridized carbons (Fsp3) is 0.143. The molecular formula is C14H10ClN3O2S. The predicted molar refractivity (Wildman–Crippen MR) is 82.3 cm³/mol. The molecule has 5 nitrogen and oxygen atoms in total. The largest absolute Gasteiger partial charge is 0.454 e. The minimum Gasteiger partial charge on any atom is -0.454 e. The number of fused-ring (bicyclic) bond motifs is 2. The molecule has 0 radical (unpaired) electrons.